The van der Waals surface area contributed by atoms with Crippen LogP contribution in [-0.4, -0.2) is 17.1 Å². The number of nitrogens with zero attached hydrogens (tertiary/aromatic N) is 1. The molecule has 2 N–H and O–H groups in total. The van der Waals surface area contributed by atoms with Gasteiger partial charge < -0.3 is 10.5 Å². The molecule has 17 heavy (non-hydrogen) atoms. The van der Waals surface area contributed by atoms with Crippen molar-refractivity contribution in [3.05, 3.63) is 34.1 Å². The Hall–Kier alpha value is -1.69. The molecule has 1 atom stereocenters. The molecule has 1 aromatic carbocycles. The molecule has 0 aromatic heterocycles. The smallest absolute Gasteiger partial charge is 0.346 e. The molecule has 0 amide bonds. The van der Waals surface area contributed by atoms with Gasteiger partial charge in [-0.2, -0.15) is 4.39 Å². The minimum Gasteiger partial charge on any atom is -0.485 e. The van der Waals surface area contributed by atoms with Crippen molar-refractivity contribution in [1.82, 2.24) is 0 Å². The Bertz CT molecular complexity index is 421. The predicted molar refractivity (Wildman–Crippen MR) is 61.4 cm³/mol. The lowest BCUT2D eigenvalue weighted by atomic mass is 10.0. The topological polar surface area (TPSA) is 78.4 Å². The molecule has 0 saturated carbocycles. The molecule has 0 aliphatic carbocycles. The maximum atomic E-state index is 13.2. The van der Waals surface area contributed by atoms with Crippen molar-refractivity contribution in [2.24, 2.45) is 5.73 Å². The van der Waals surface area contributed by atoms with Gasteiger partial charge in [-0.3, -0.25) is 10.1 Å². The summed E-state index contributed by atoms with van der Waals surface area (Å²) in [5.41, 5.74) is 4.59. The van der Waals surface area contributed by atoms with E-state index in [-0.39, 0.29) is 12.4 Å². The van der Waals surface area contributed by atoms with Crippen molar-refractivity contribution in [2.45, 2.75) is 25.8 Å². The number of nitro groups is 1. The Morgan fingerprint density at radius 1 is 1.59 bits per heavy atom. The molecule has 5 nitrogen and oxygen atoms in total. The molecule has 1 aromatic rings. The largest absolute Gasteiger partial charge is 0.485 e. The first-order valence-electron chi connectivity index (χ1n) is 5.22. The summed E-state index contributed by atoms with van der Waals surface area (Å²) < 4.78 is 18.5. The zero-order valence-electron chi connectivity index (χ0n) is 9.77. The van der Waals surface area contributed by atoms with Crippen LogP contribution in [0.3, 0.4) is 0 Å². The highest BCUT2D eigenvalue weighted by molar-refractivity contribution is 5.47. The van der Waals surface area contributed by atoms with E-state index in [0.717, 1.165) is 6.07 Å². The Morgan fingerprint density at radius 2 is 2.24 bits per heavy atom. The maximum absolute atomic E-state index is 13.2. The molecule has 1 unspecified atom stereocenters. The van der Waals surface area contributed by atoms with Gasteiger partial charge in [-0.1, -0.05) is 13.0 Å². The van der Waals surface area contributed by atoms with Crippen LogP contribution in [0.25, 0.3) is 0 Å². The van der Waals surface area contributed by atoms with Gasteiger partial charge in [0.25, 0.3) is 0 Å². The number of benzene rings is 1. The molecule has 0 aliphatic rings. The van der Waals surface area contributed by atoms with Crippen LogP contribution in [-0.2, 0) is 0 Å². The lowest BCUT2D eigenvalue weighted by Gasteiger charge is -2.22. The number of ether oxygens (including phenoxy) is 1. The van der Waals surface area contributed by atoms with Gasteiger partial charge in [-0.05, 0) is 25.5 Å². The maximum Gasteiger partial charge on any atom is 0.346 e. The summed E-state index contributed by atoms with van der Waals surface area (Å²) in [6, 6.07) is 3.73. The standard InChI is InChI=1S/C11H15FN2O3/c1-3-11(2,13)7-17-9-6-4-5-8(12)10(9)14(15)16/h4-6H,3,7,13H2,1-2H3. The SMILES string of the molecule is CCC(C)(N)COc1cccc(F)c1[N+](=O)[O-]. The van der Waals surface area contributed by atoms with E-state index in [1.807, 2.05) is 6.92 Å². The van der Waals surface area contributed by atoms with Gasteiger partial charge in [0.2, 0.25) is 5.82 Å². The highest BCUT2D eigenvalue weighted by atomic mass is 19.1. The van der Waals surface area contributed by atoms with Crippen LogP contribution >= 0.6 is 0 Å². The van der Waals surface area contributed by atoms with Gasteiger partial charge in [0, 0.05) is 5.54 Å². The first kappa shape index (κ1) is 13.4. The third kappa shape index (κ3) is 3.39. The van der Waals surface area contributed by atoms with Crippen molar-refractivity contribution < 1.29 is 14.1 Å². The van der Waals surface area contributed by atoms with Gasteiger partial charge in [-0.25, -0.2) is 0 Å². The van der Waals surface area contributed by atoms with Crippen molar-refractivity contribution in [1.29, 1.82) is 0 Å². The molecular formula is C11H15FN2O3. The Labute approximate surface area is 98.5 Å². The van der Waals surface area contributed by atoms with E-state index in [1.165, 1.54) is 12.1 Å². The molecule has 0 bridgehead atoms. The van der Waals surface area contributed by atoms with Gasteiger partial charge in [0.05, 0.1) is 4.92 Å². The van der Waals surface area contributed by atoms with Crippen LogP contribution in [0.2, 0.25) is 0 Å². The lowest BCUT2D eigenvalue weighted by Crippen LogP contribution is -2.41. The number of hydrogen-bond acceptors (Lipinski definition) is 4. The summed E-state index contributed by atoms with van der Waals surface area (Å²) >= 11 is 0. The van der Waals surface area contributed by atoms with Crippen LogP contribution in [0.15, 0.2) is 18.2 Å². The number of rotatable bonds is 5. The van der Waals surface area contributed by atoms with Crippen LogP contribution in [0, 0.1) is 15.9 Å². The average molecular weight is 242 g/mol. The van der Waals surface area contributed by atoms with Crippen molar-refractivity contribution in [2.75, 3.05) is 6.61 Å². The van der Waals surface area contributed by atoms with E-state index in [2.05, 4.69) is 0 Å². The van der Waals surface area contributed by atoms with E-state index < -0.39 is 22.0 Å². The third-order valence-electron chi connectivity index (χ3n) is 2.50. The second-order valence-electron chi connectivity index (χ2n) is 4.14. The van der Waals surface area contributed by atoms with Crippen LogP contribution in [0.1, 0.15) is 20.3 Å². The van der Waals surface area contributed by atoms with E-state index in [1.54, 1.807) is 6.92 Å². The van der Waals surface area contributed by atoms with E-state index in [0.29, 0.717) is 6.42 Å². The Morgan fingerprint density at radius 3 is 2.76 bits per heavy atom. The van der Waals surface area contributed by atoms with Crippen LogP contribution in [0.4, 0.5) is 10.1 Å². The second kappa shape index (κ2) is 5.09. The summed E-state index contributed by atoms with van der Waals surface area (Å²) in [5.74, 6) is -1.01. The first-order valence-corrected chi connectivity index (χ1v) is 5.22. The summed E-state index contributed by atoms with van der Waals surface area (Å²) in [4.78, 5) is 9.89. The molecule has 94 valence electrons. The van der Waals surface area contributed by atoms with E-state index in [9.17, 15) is 14.5 Å². The predicted octanol–water partition coefficient (Wildman–Crippen LogP) is 2.24. The molecule has 0 spiro atoms. The van der Waals surface area contributed by atoms with Crippen LogP contribution in [0.5, 0.6) is 5.75 Å². The molecule has 0 radical (unpaired) electrons. The van der Waals surface area contributed by atoms with E-state index in [4.69, 9.17) is 10.5 Å². The van der Waals surface area contributed by atoms with Gasteiger partial charge in [0.15, 0.2) is 5.75 Å². The fourth-order valence-corrected chi connectivity index (χ4v) is 1.13. The lowest BCUT2D eigenvalue weighted by molar-refractivity contribution is -0.388. The normalized spacial score (nSPS) is 14.1. The monoisotopic (exact) mass is 242 g/mol. The van der Waals surface area contributed by atoms with Gasteiger partial charge >= 0.3 is 5.69 Å². The first-order chi connectivity index (χ1) is 7.87. The number of para-hydroxylation sites is 1. The molecule has 0 fully saturated rings. The minimum atomic E-state index is -0.914. The number of nitrogens with two attached hydrogens (primary N) is 1. The molecule has 0 heterocycles. The highest BCUT2D eigenvalue weighted by Gasteiger charge is 2.24. The summed E-state index contributed by atoms with van der Waals surface area (Å²) in [6.45, 7) is 3.73. The zero-order valence-corrected chi connectivity index (χ0v) is 9.77. The van der Waals surface area contributed by atoms with E-state index >= 15 is 0 Å². The van der Waals surface area contributed by atoms with Crippen molar-refractivity contribution in [3.63, 3.8) is 0 Å². The van der Waals surface area contributed by atoms with Gasteiger partial charge in [0.1, 0.15) is 6.61 Å². The average Bonchev–Trinajstić information content (AvgIpc) is 2.26. The summed E-state index contributed by atoms with van der Waals surface area (Å²) in [7, 11) is 0. The van der Waals surface area contributed by atoms with Crippen molar-refractivity contribution >= 4 is 5.69 Å². The summed E-state index contributed by atoms with van der Waals surface area (Å²) in [5, 5.41) is 10.7. The molecule has 0 aliphatic heterocycles. The zero-order chi connectivity index (χ0) is 13.1. The molecule has 1 rings (SSSR count). The number of nitro benzene ring substituents is 1. The quantitative estimate of drug-likeness (QED) is 0.634. The molecule has 0 saturated heterocycles. The third-order valence-corrected chi connectivity index (χ3v) is 2.50. The number of halogens is 1. The highest BCUT2D eigenvalue weighted by Crippen LogP contribution is 2.30. The fourth-order valence-electron chi connectivity index (χ4n) is 1.13. The number of hydrogen-bond donors (Lipinski definition) is 1. The minimum absolute atomic E-state index is 0.0911. The Balaban J connectivity index is 2.92. The molecule has 6 heteroatoms. The van der Waals surface area contributed by atoms with Gasteiger partial charge in [-0.15, -0.1) is 0 Å². The second-order valence-corrected chi connectivity index (χ2v) is 4.14. The Kier molecular flexibility index (Phi) is 4.01. The molecular weight excluding hydrogens is 227 g/mol. The van der Waals surface area contributed by atoms with Crippen molar-refractivity contribution in [3.8, 4) is 5.75 Å². The summed E-state index contributed by atoms with van der Waals surface area (Å²) in [6.07, 6.45) is 0.649. The fraction of sp³-hybridized carbons (Fsp3) is 0.455. The van der Waals surface area contributed by atoms with Crippen LogP contribution < -0.4 is 10.5 Å².